The van der Waals surface area contributed by atoms with E-state index in [9.17, 15) is 0 Å². The summed E-state index contributed by atoms with van der Waals surface area (Å²) < 4.78 is 6.16. The Balaban J connectivity index is 1.54. The summed E-state index contributed by atoms with van der Waals surface area (Å²) >= 11 is 0. The summed E-state index contributed by atoms with van der Waals surface area (Å²) in [5.74, 6) is 1.59. The molecular weight excluding hydrogens is 294 g/mol. The van der Waals surface area contributed by atoms with Gasteiger partial charge in [0.1, 0.15) is 11.4 Å². The first-order chi connectivity index (χ1) is 11.5. The van der Waals surface area contributed by atoms with Gasteiger partial charge in [-0.3, -0.25) is 0 Å². The highest BCUT2D eigenvalue weighted by molar-refractivity contribution is 5.42. The molecule has 2 aromatic carbocycles. The molecule has 128 valence electrons. The first-order valence-electron chi connectivity index (χ1n) is 9.08. The number of benzene rings is 2. The van der Waals surface area contributed by atoms with Gasteiger partial charge in [0, 0.05) is 12.5 Å². The molecule has 3 rings (SSSR count). The molecular formula is C22H29NO. The van der Waals surface area contributed by atoms with Gasteiger partial charge in [-0.25, -0.2) is 0 Å². The van der Waals surface area contributed by atoms with Gasteiger partial charge >= 0.3 is 0 Å². The van der Waals surface area contributed by atoms with Gasteiger partial charge in [-0.1, -0.05) is 48.0 Å². The average molecular weight is 323 g/mol. The van der Waals surface area contributed by atoms with Crippen LogP contribution in [0.1, 0.15) is 49.3 Å². The smallest absolute Gasteiger partial charge is 0.123 e. The zero-order valence-electron chi connectivity index (χ0n) is 15.1. The Hall–Kier alpha value is -1.80. The van der Waals surface area contributed by atoms with Crippen LogP contribution in [0, 0.1) is 6.92 Å². The molecule has 0 amide bonds. The van der Waals surface area contributed by atoms with E-state index in [2.05, 4.69) is 74.6 Å². The number of aryl methyl sites for hydroxylation is 2. The Labute approximate surface area is 146 Å². The predicted molar refractivity (Wildman–Crippen MR) is 101 cm³/mol. The van der Waals surface area contributed by atoms with E-state index in [1.54, 1.807) is 0 Å². The van der Waals surface area contributed by atoms with E-state index in [-0.39, 0.29) is 5.60 Å². The Morgan fingerprint density at radius 1 is 1.12 bits per heavy atom. The molecule has 1 heterocycles. The zero-order chi connectivity index (χ0) is 17.0. The van der Waals surface area contributed by atoms with Crippen LogP contribution in [0.5, 0.6) is 5.75 Å². The lowest BCUT2D eigenvalue weighted by Crippen LogP contribution is -2.38. The minimum absolute atomic E-state index is 0.0847. The van der Waals surface area contributed by atoms with Gasteiger partial charge in [0.05, 0.1) is 0 Å². The summed E-state index contributed by atoms with van der Waals surface area (Å²) in [7, 11) is 0. The highest BCUT2D eigenvalue weighted by Gasteiger charge is 2.33. The third-order valence-electron chi connectivity index (χ3n) is 4.78. The summed E-state index contributed by atoms with van der Waals surface area (Å²) in [5.41, 5.74) is 4.02. The lowest BCUT2D eigenvalue weighted by atomic mass is 9.83. The van der Waals surface area contributed by atoms with E-state index in [1.165, 1.54) is 23.1 Å². The molecule has 1 N–H and O–H groups in total. The Bertz CT molecular complexity index is 663. The molecule has 0 fully saturated rings. The number of hydrogen-bond donors (Lipinski definition) is 1. The number of rotatable bonds is 6. The molecule has 0 bridgehead atoms. The first kappa shape index (κ1) is 17.0. The third kappa shape index (κ3) is 4.39. The van der Waals surface area contributed by atoms with Crippen LogP contribution in [0.3, 0.4) is 0 Å². The van der Waals surface area contributed by atoms with Crippen molar-refractivity contribution < 1.29 is 4.74 Å². The Morgan fingerprint density at radius 2 is 1.92 bits per heavy atom. The number of fused-ring (bicyclic) bond motifs is 1. The fraction of sp³-hybridized carbons (Fsp3) is 0.455. The van der Waals surface area contributed by atoms with Gasteiger partial charge in [-0.2, -0.15) is 0 Å². The van der Waals surface area contributed by atoms with Crippen LogP contribution in [0.4, 0.5) is 0 Å². The minimum Gasteiger partial charge on any atom is -0.488 e. The van der Waals surface area contributed by atoms with Gasteiger partial charge in [0.15, 0.2) is 0 Å². The fourth-order valence-corrected chi connectivity index (χ4v) is 3.64. The summed E-state index contributed by atoms with van der Waals surface area (Å²) in [6.07, 6.45) is 3.38. The summed E-state index contributed by atoms with van der Waals surface area (Å²) in [5, 5.41) is 3.67. The van der Waals surface area contributed by atoms with E-state index in [4.69, 9.17) is 4.74 Å². The highest BCUT2D eigenvalue weighted by Crippen LogP contribution is 2.40. The molecule has 1 aliphatic heterocycles. The van der Waals surface area contributed by atoms with Crippen LogP contribution in [0.2, 0.25) is 0 Å². The second kappa shape index (κ2) is 7.40. The van der Waals surface area contributed by atoms with Crippen LogP contribution >= 0.6 is 0 Å². The standard InChI is InChI=1S/C22H29NO/c1-17-11-12-21-20(14-17)19(15-22(2,3)24-21)16-23-13-7-10-18-8-5-4-6-9-18/h4-6,8-9,11-12,14,19,23H,7,10,13,15-16H2,1-3H3. The van der Waals surface area contributed by atoms with Crippen molar-refractivity contribution in [1.82, 2.24) is 5.32 Å². The van der Waals surface area contributed by atoms with Gasteiger partial charge in [-0.15, -0.1) is 0 Å². The lowest BCUT2D eigenvalue weighted by molar-refractivity contribution is 0.0717. The second-order valence-corrected chi connectivity index (χ2v) is 7.60. The van der Waals surface area contributed by atoms with E-state index in [1.807, 2.05) is 0 Å². The average Bonchev–Trinajstić information content (AvgIpc) is 2.55. The number of hydrogen-bond acceptors (Lipinski definition) is 2. The normalized spacial score (nSPS) is 18.7. The van der Waals surface area contributed by atoms with Crippen LogP contribution in [-0.2, 0) is 6.42 Å². The van der Waals surface area contributed by atoms with Gasteiger partial charge < -0.3 is 10.1 Å². The van der Waals surface area contributed by atoms with Crippen molar-refractivity contribution in [3.05, 3.63) is 65.2 Å². The zero-order valence-corrected chi connectivity index (χ0v) is 15.1. The maximum Gasteiger partial charge on any atom is 0.123 e. The third-order valence-corrected chi connectivity index (χ3v) is 4.78. The molecule has 24 heavy (non-hydrogen) atoms. The van der Waals surface area contributed by atoms with Crippen LogP contribution < -0.4 is 10.1 Å². The molecule has 1 aliphatic rings. The highest BCUT2D eigenvalue weighted by atomic mass is 16.5. The van der Waals surface area contributed by atoms with Gasteiger partial charge in [0.25, 0.3) is 0 Å². The molecule has 0 radical (unpaired) electrons. The van der Waals surface area contributed by atoms with Crippen molar-refractivity contribution in [2.75, 3.05) is 13.1 Å². The molecule has 1 atom stereocenters. The van der Waals surface area contributed by atoms with Gasteiger partial charge in [0.2, 0.25) is 0 Å². The molecule has 2 aromatic rings. The number of ether oxygens (including phenoxy) is 1. The van der Waals surface area contributed by atoms with E-state index >= 15 is 0 Å². The van der Waals surface area contributed by atoms with Gasteiger partial charge in [-0.05, 0) is 63.8 Å². The molecule has 0 aromatic heterocycles. The van der Waals surface area contributed by atoms with Crippen molar-refractivity contribution in [2.45, 2.75) is 51.6 Å². The monoisotopic (exact) mass is 323 g/mol. The molecule has 0 saturated heterocycles. The first-order valence-corrected chi connectivity index (χ1v) is 9.08. The largest absolute Gasteiger partial charge is 0.488 e. The van der Waals surface area contributed by atoms with Crippen molar-refractivity contribution in [3.63, 3.8) is 0 Å². The molecule has 0 spiro atoms. The quantitative estimate of drug-likeness (QED) is 0.766. The summed E-state index contributed by atoms with van der Waals surface area (Å²) in [4.78, 5) is 0. The molecule has 0 aliphatic carbocycles. The van der Waals surface area contributed by atoms with Crippen LogP contribution in [0.25, 0.3) is 0 Å². The van der Waals surface area contributed by atoms with Crippen molar-refractivity contribution in [3.8, 4) is 5.75 Å². The molecule has 2 heteroatoms. The molecule has 0 saturated carbocycles. The van der Waals surface area contributed by atoms with E-state index in [0.717, 1.165) is 31.7 Å². The predicted octanol–water partition coefficient (Wildman–Crippen LogP) is 4.86. The van der Waals surface area contributed by atoms with E-state index in [0.29, 0.717) is 5.92 Å². The number of nitrogens with one attached hydrogen (secondary N) is 1. The SMILES string of the molecule is Cc1ccc2c(c1)C(CNCCCc1ccccc1)CC(C)(C)O2. The fourth-order valence-electron chi connectivity index (χ4n) is 3.64. The lowest BCUT2D eigenvalue weighted by Gasteiger charge is -2.38. The van der Waals surface area contributed by atoms with Crippen molar-refractivity contribution in [1.29, 1.82) is 0 Å². The van der Waals surface area contributed by atoms with Crippen LogP contribution in [0.15, 0.2) is 48.5 Å². The molecule has 2 nitrogen and oxygen atoms in total. The summed E-state index contributed by atoms with van der Waals surface area (Å²) in [6, 6.07) is 17.3. The Morgan fingerprint density at radius 3 is 2.71 bits per heavy atom. The molecule has 1 unspecified atom stereocenters. The van der Waals surface area contributed by atoms with Crippen LogP contribution in [-0.4, -0.2) is 18.7 Å². The van der Waals surface area contributed by atoms with E-state index < -0.39 is 0 Å². The second-order valence-electron chi connectivity index (χ2n) is 7.60. The Kier molecular flexibility index (Phi) is 5.25. The van der Waals surface area contributed by atoms with Crippen molar-refractivity contribution in [2.24, 2.45) is 0 Å². The summed E-state index contributed by atoms with van der Waals surface area (Å²) in [6.45, 7) is 8.63. The topological polar surface area (TPSA) is 21.3 Å². The minimum atomic E-state index is -0.0847. The maximum absolute atomic E-state index is 6.16. The maximum atomic E-state index is 6.16. The van der Waals surface area contributed by atoms with Crippen molar-refractivity contribution >= 4 is 0 Å².